The van der Waals surface area contributed by atoms with Crippen LogP contribution in [0.1, 0.15) is 26.7 Å². The van der Waals surface area contributed by atoms with Crippen LogP contribution in [0.2, 0.25) is 0 Å². The molecule has 0 fully saturated rings. The number of nitrogens with zero attached hydrogens (tertiary/aromatic N) is 2. The van der Waals surface area contributed by atoms with Gasteiger partial charge >= 0.3 is 5.97 Å². The number of carbonyl (C=O) groups excluding carboxylic acids is 1. The van der Waals surface area contributed by atoms with Gasteiger partial charge in [0.1, 0.15) is 5.75 Å². The Morgan fingerprint density at radius 2 is 1.83 bits per heavy atom. The van der Waals surface area contributed by atoms with E-state index in [0.717, 1.165) is 11.4 Å². The zero-order chi connectivity index (χ0) is 20.6. The van der Waals surface area contributed by atoms with Crippen molar-refractivity contribution in [2.45, 2.75) is 31.8 Å². The third-order valence-corrected chi connectivity index (χ3v) is 5.24. The van der Waals surface area contributed by atoms with Crippen LogP contribution >= 0.6 is 11.8 Å². The minimum absolute atomic E-state index is 0.118. The molecule has 7 heteroatoms. The van der Waals surface area contributed by atoms with E-state index in [4.69, 9.17) is 14.5 Å². The molecule has 0 amide bonds. The standard InChI is InChI=1S/C22H24N2O4S/c1-3-27-17-13-11-16(12-14-17)24-21(26)18-8-5-6-9-19(18)23-22(24)29-15-7-10-20(25)28-4-2/h5-6,8-9,11-14H,3-4,7,10,15H2,1-2H3. The van der Waals surface area contributed by atoms with Gasteiger partial charge in [-0.3, -0.25) is 14.2 Å². The van der Waals surface area contributed by atoms with Crippen LogP contribution in [0.5, 0.6) is 5.75 Å². The molecule has 6 nitrogen and oxygen atoms in total. The lowest BCUT2D eigenvalue weighted by molar-refractivity contribution is -0.143. The SMILES string of the molecule is CCOC(=O)CCCSc1nc2ccccc2c(=O)n1-c1ccc(OCC)cc1. The molecule has 0 saturated carbocycles. The quantitative estimate of drug-likeness (QED) is 0.227. The van der Waals surface area contributed by atoms with Gasteiger partial charge in [0.05, 0.1) is 29.8 Å². The van der Waals surface area contributed by atoms with Gasteiger partial charge in [0.15, 0.2) is 5.16 Å². The van der Waals surface area contributed by atoms with Gasteiger partial charge in [-0.2, -0.15) is 0 Å². The Morgan fingerprint density at radius 3 is 2.55 bits per heavy atom. The zero-order valence-electron chi connectivity index (χ0n) is 16.6. The van der Waals surface area contributed by atoms with Crippen molar-refractivity contribution in [3.05, 3.63) is 58.9 Å². The summed E-state index contributed by atoms with van der Waals surface area (Å²) in [5, 5.41) is 1.17. The summed E-state index contributed by atoms with van der Waals surface area (Å²) < 4.78 is 12.1. The Morgan fingerprint density at radius 1 is 1.07 bits per heavy atom. The number of carbonyl (C=O) groups is 1. The summed E-state index contributed by atoms with van der Waals surface area (Å²) in [4.78, 5) is 29.4. The maximum atomic E-state index is 13.2. The number of rotatable bonds is 9. The van der Waals surface area contributed by atoms with Crippen molar-refractivity contribution in [3.8, 4) is 11.4 Å². The number of benzene rings is 2. The molecule has 29 heavy (non-hydrogen) atoms. The molecule has 0 radical (unpaired) electrons. The number of ether oxygens (including phenoxy) is 2. The summed E-state index contributed by atoms with van der Waals surface area (Å²) in [6.45, 7) is 4.69. The summed E-state index contributed by atoms with van der Waals surface area (Å²) in [7, 11) is 0. The van der Waals surface area contributed by atoms with E-state index in [2.05, 4.69) is 0 Å². The van der Waals surface area contributed by atoms with Gasteiger partial charge in [-0.1, -0.05) is 23.9 Å². The van der Waals surface area contributed by atoms with Crippen molar-refractivity contribution in [1.29, 1.82) is 0 Å². The summed E-state index contributed by atoms with van der Waals surface area (Å²) in [6, 6.07) is 14.7. The summed E-state index contributed by atoms with van der Waals surface area (Å²) in [6.07, 6.45) is 0.997. The first kappa shape index (κ1) is 20.9. The summed E-state index contributed by atoms with van der Waals surface area (Å²) in [5.41, 5.74) is 1.27. The molecule has 0 aliphatic heterocycles. The monoisotopic (exact) mass is 412 g/mol. The first-order chi connectivity index (χ1) is 14.1. The van der Waals surface area contributed by atoms with Gasteiger partial charge < -0.3 is 9.47 Å². The molecule has 152 valence electrons. The van der Waals surface area contributed by atoms with Gasteiger partial charge in [-0.25, -0.2) is 4.98 Å². The highest BCUT2D eigenvalue weighted by molar-refractivity contribution is 7.99. The first-order valence-electron chi connectivity index (χ1n) is 9.67. The molecule has 2 aromatic carbocycles. The number of para-hydroxylation sites is 1. The fraction of sp³-hybridized carbons (Fsp3) is 0.318. The lowest BCUT2D eigenvalue weighted by Crippen LogP contribution is -2.21. The normalized spacial score (nSPS) is 10.8. The Labute approximate surface area is 173 Å². The van der Waals surface area contributed by atoms with Crippen molar-refractivity contribution in [2.24, 2.45) is 0 Å². The van der Waals surface area contributed by atoms with Crippen molar-refractivity contribution in [2.75, 3.05) is 19.0 Å². The lowest BCUT2D eigenvalue weighted by atomic mass is 10.2. The van der Waals surface area contributed by atoms with Gasteiger partial charge in [0.25, 0.3) is 5.56 Å². The van der Waals surface area contributed by atoms with Crippen LogP contribution in [-0.4, -0.2) is 34.5 Å². The van der Waals surface area contributed by atoms with Crippen molar-refractivity contribution in [1.82, 2.24) is 9.55 Å². The van der Waals surface area contributed by atoms with E-state index >= 15 is 0 Å². The van der Waals surface area contributed by atoms with Gasteiger partial charge in [0, 0.05) is 12.2 Å². The van der Waals surface area contributed by atoms with Crippen LogP contribution in [0, 0.1) is 0 Å². The number of thioether (sulfide) groups is 1. The topological polar surface area (TPSA) is 70.4 Å². The Hall–Kier alpha value is -2.80. The van der Waals surface area contributed by atoms with Crippen LogP contribution in [0.25, 0.3) is 16.6 Å². The highest BCUT2D eigenvalue weighted by Crippen LogP contribution is 2.23. The van der Waals surface area contributed by atoms with E-state index < -0.39 is 0 Å². The molecule has 3 rings (SSSR count). The summed E-state index contributed by atoms with van der Waals surface area (Å²) in [5.74, 6) is 1.20. The summed E-state index contributed by atoms with van der Waals surface area (Å²) >= 11 is 1.46. The molecule has 1 aromatic heterocycles. The van der Waals surface area contributed by atoms with Crippen molar-refractivity contribution in [3.63, 3.8) is 0 Å². The van der Waals surface area contributed by atoms with E-state index in [0.29, 0.717) is 47.9 Å². The largest absolute Gasteiger partial charge is 0.494 e. The molecular formula is C22H24N2O4S. The third kappa shape index (κ3) is 5.17. The smallest absolute Gasteiger partial charge is 0.305 e. The fourth-order valence-electron chi connectivity index (χ4n) is 2.91. The van der Waals surface area contributed by atoms with Crippen LogP contribution in [0.4, 0.5) is 0 Å². The molecule has 3 aromatic rings. The predicted octanol–water partition coefficient (Wildman–Crippen LogP) is 4.22. The molecule has 0 atom stereocenters. The predicted molar refractivity (Wildman–Crippen MR) is 115 cm³/mol. The highest BCUT2D eigenvalue weighted by Gasteiger charge is 2.14. The fourth-order valence-corrected chi connectivity index (χ4v) is 3.86. The number of aromatic nitrogens is 2. The minimum Gasteiger partial charge on any atom is -0.494 e. The molecule has 0 spiro atoms. The molecule has 0 aliphatic rings. The maximum Gasteiger partial charge on any atom is 0.305 e. The zero-order valence-corrected chi connectivity index (χ0v) is 17.4. The molecule has 0 N–H and O–H groups in total. The molecular weight excluding hydrogens is 388 g/mol. The Bertz CT molecular complexity index is 1030. The molecule has 0 aliphatic carbocycles. The Balaban J connectivity index is 1.91. The third-order valence-electron chi connectivity index (χ3n) is 4.21. The van der Waals surface area contributed by atoms with E-state index in [1.807, 2.05) is 49.4 Å². The van der Waals surface area contributed by atoms with E-state index in [1.165, 1.54) is 11.8 Å². The molecule has 0 saturated heterocycles. The van der Waals surface area contributed by atoms with Crippen molar-refractivity contribution >= 4 is 28.6 Å². The Kier molecular flexibility index (Phi) is 7.30. The van der Waals surface area contributed by atoms with Crippen LogP contribution in [0.3, 0.4) is 0 Å². The number of esters is 1. The van der Waals surface area contributed by atoms with E-state index in [9.17, 15) is 9.59 Å². The number of hydrogen-bond acceptors (Lipinski definition) is 6. The van der Waals surface area contributed by atoms with Gasteiger partial charge in [0.2, 0.25) is 0 Å². The minimum atomic E-state index is -0.205. The molecule has 1 heterocycles. The highest BCUT2D eigenvalue weighted by atomic mass is 32.2. The van der Waals surface area contributed by atoms with E-state index in [-0.39, 0.29) is 11.5 Å². The first-order valence-corrected chi connectivity index (χ1v) is 10.7. The second-order valence-electron chi connectivity index (χ2n) is 6.24. The lowest BCUT2D eigenvalue weighted by Gasteiger charge is -2.14. The average molecular weight is 413 g/mol. The number of fused-ring (bicyclic) bond motifs is 1. The van der Waals surface area contributed by atoms with Crippen LogP contribution < -0.4 is 10.3 Å². The van der Waals surface area contributed by atoms with Gasteiger partial charge in [-0.15, -0.1) is 0 Å². The van der Waals surface area contributed by atoms with Crippen LogP contribution in [-0.2, 0) is 9.53 Å². The molecule has 0 bridgehead atoms. The number of hydrogen-bond donors (Lipinski definition) is 0. The van der Waals surface area contributed by atoms with E-state index in [1.54, 1.807) is 17.6 Å². The maximum absolute atomic E-state index is 13.2. The second-order valence-corrected chi connectivity index (χ2v) is 7.30. The van der Waals surface area contributed by atoms with Gasteiger partial charge in [-0.05, 0) is 56.7 Å². The molecule has 0 unspecified atom stereocenters. The van der Waals surface area contributed by atoms with Crippen molar-refractivity contribution < 1.29 is 14.3 Å². The average Bonchev–Trinajstić information content (AvgIpc) is 2.73. The van der Waals surface area contributed by atoms with Crippen LogP contribution in [0.15, 0.2) is 58.5 Å². The second kappa shape index (κ2) is 10.1.